The van der Waals surface area contributed by atoms with Crippen LogP contribution in [0, 0.1) is 0 Å². The molecule has 1 saturated heterocycles. The van der Waals surface area contributed by atoms with E-state index < -0.39 is 0 Å². The molecule has 1 aromatic heterocycles. The van der Waals surface area contributed by atoms with E-state index in [1.54, 1.807) is 17.9 Å². The molecule has 0 radical (unpaired) electrons. The first kappa shape index (κ1) is 17.4. The summed E-state index contributed by atoms with van der Waals surface area (Å²) in [6.07, 6.45) is 4.54. The number of carbonyl (C=O) groups is 2. The van der Waals surface area contributed by atoms with Crippen LogP contribution in [0.5, 0.6) is 0 Å². The van der Waals surface area contributed by atoms with E-state index in [-0.39, 0.29) is 36.6 Å². The van der Waals surface area contributed by atoms with Gasteiger partial charge in [0, 0.05) is 38.7 Å². The molecule has 1 aromatic carbocycles. The van der Waals surface area contributed by atoms with Gasteiger partial charge >= 0.3 is 0 Å². The molecule has 2 heterocycles. The average Bonchev–Trinajstić information content (AvgIpc) is 3.19. The molecular weight excluding hydrogens is 316 g/mol. The molecule has 6 heteroatoms. The third-order valence-electron chi connectivity index (χ3n) is 4.74. The number of amides is 1. The monoisotopic (exact) mass is 340 g/mol. The molecule has 0 spiro atoms. The van der Waals surface area contributed by atoms with Gasteiger partial charge in [-0.2, -0.15) is 5.10 Å². The molecule has 3 rings (SSSR count). The fourth-order valence-electron chi connectivity index (χ4n) is 3.45. The van der Waals surface area contributed by atoms with Crippen LogP contribution < -0.4 is 5.32 Å². The number of rotatable bonds is 6. The fraction of sp³-hybridized carbons (Fsp3) is 0.421. The predicted molar refractivity (Wildman–Crippen MR) is 95.1 cm³/mol. The number of carbonyl (C=O) groups excluding carboxylic acids is 2. The lowest BCUT2D eigenvalue weighted by molar-refractivity contribution is -0.121. The largest absolute Gasteiger partial charge is 0.351 e. The SMILES string of the molecule is CN1CCC(NC(=O)CCC(=O)c2cnn(C)c2)C1c1ccccc1. The highest BCUT2D eigenvalue weighted by Crippen LogP contribution is 2.30. The van der Waals surface area contributed by atoms with Crippen LogP contribution in [-0.2, 0) is 11.8 Å². The minimum absolute atomic E-state index is 0.0496. The molecule has 1 aliphatic heterocycles. The molecule has 1 aliphatic rings. The maximum absolute atomic E-state index is 12.3. The number of Topliss-reactive ketones (excluding diaryl/α,β-unsaturated/α-hetero) is 1. The van der Waals surface area contributed by atoms with Crippen molar-refractivity contribution in [1.82, 2.24) is 20.0 Å². The zero-order valence-electron chi connectivity index (χ0n) is 14.7. The number of likely N-dealkylation sites (N-methyl/N-ethyl adjacent to an activating group) is 1. The van der Waals surface area contributed by atoms with Gasteiger partial charge in [0.15, 0.2) is 5.78 Å². The number of ketones is 1. The molecule has 1 amide bonds. The van der Waals surface area contributed by atoms with Gasteiger partial charge in [0.05, 0.1) is 17.8 Å². The van der Waals surface area contributed by atoms with Crippen LogP contribution in [0.3, 0.4) is 0 Å². The number of hydrogen-bond donors (Lipinski definition) is 1. The van der Waals surface area contributed by atoms with E-state index >= 15 is 0 Å². The third-order valence-corrected chi connectivity index (χ3v) is 4.74. The second-order valence-electron chi connectivity index (χ2n) is 6.62. The van der Waals surface area contributed by atoms with Crippen LogP contribution in [0.15, 0.2) is 42.7 Å². The number of aryl methyl sites for hydroxylation is 1. The molecule has 0 saturated carbocycles. The Bertz CT molecular complexity index is 741. The molecule has 1 fully saturated rings. The van der Waals surface area contributed by atoms with E-state index in [9.17, 15) is 9.59 Å². The topological polar surface area (TPSA) is 67.2 Å². The Hall–Kier alpha value is -2.47. The second kappa shape index (κ2) is 7.61. The summed E-state index contributed by atoms with van der Waals surface area (Å²) in [6, 6.07) is 10.5. The molecule has 2 aromatic rings. The number of aromatic nitrogens is 2. The van der Waals surface area contributed by atoms with Gasteiger partial charge in [-0.15, -0.1) is 0 Å². The normalized spacial score (nSPS) is 20.6. The van der Waals surface area contributed by atoms with Crippen molar-refractivity contribution in [3.8, 4) is 0 Å². The number of benzene rings is 1. The summed E-state index contributed by atoms with van der Waals surface area (Å²) in [6.45, 7) is 0.944. The maximum atomic E-state index is 12.3. The van der Waals surface area contributed by atoms with Crippen molar-refractivity contribution in [2.45, 2.75) is 31.3 Å². The quantitative estimate of drug-likeness (QED) is 0.816. The van der Waals surface area contributed by atoms with E-state index in [0.29, 0.717) is 5.56 Å². The molecule has 0 bridgehead atoms. The summed E-state index contributed by atoms with van der Waals surface area (Å²) in [4.78, 5) is 26.7. The van der Waals surface area contributed by atoms with Gasteiger partial charge in [0.2, 0.25) is 5.91 Å². The lowest BCUT2D eigenvalue weighted by atomic mass is 10.00. The lowest BCUT2D eigenvalue weighted by Gasteiger charge is -2.26. The van der Waals surface area contributed by atoms with Gasteiger partial charge in [-0.1, -0.05) is 30.3 Å². The zero-order valence-corrected chi connectivity index (χ0v) is 14.7. The average molecular weight is 340 g/mol. The minimum Gasteiger partial charge on any atom is -0.351 e. The Morgan fingerprint density at radius 1 is 1.20 bits per heavy atom. The molecule has 2 unspecified atom stereocenters. The summed E-state index contributed by atoms with van der Waals surface area (Å²) < 4.78 is 1.59. The van der Waals surface area contributed by atoms with Crippen molar-refractivity contribution in [3.63, 3.8) is 0 Å². The number of nitrogens with zero attached hydrogens (tertiary/aromatic N) is 3. The van der Waals surface area contributed by atoms with Crippen molar-refractivity contribution in [2.75, 3.05) is 13.6 Å². The Kier molecular flexibility index (Phi) is 5.28. The van der Waals surface area contributed by atoms with E-state index in [4.69, 9.17) is 0 Å². The summed E-state index contributed by atoms with van der Waals surface area (Å²) >= 11 is 0. The first-order chi connectivity index (χ1) is 12.0. The standard InChI is InChI=1S/C19H24N4O2/c1-22-11-10-16(19(22)14-6-4-3-5-7-14)21-18(25)9-8-17(24)15-12-20-23(2)13-15/h3-7,12-13,16,19H,8-11H2,1-2H3,(H,21,25). The van der Waals surface area contributed by atoms with Gasteiger partial charge in [0.1, 0.15) is 0 Å². The minimum atomic E-state index is -0.0709. The molecule has 132 valence electrons. The van der Waals surface area contributed by atoms with E-state index in [2.05, 4.69) is 34.5 Å². The number of hydrogen-bond acceptors (Lipinski definition) is 4. The number of likely N-dealkylation sites (tertiary alicyclic amines) is 1. The highest BCUT2D eigenvalue weighted by Gasteiger charge is 2.33. The van der Waals surface area contributed by atoms with Gasteiger partial charge in [-0.25, -0.2) is 0 Å². The first-order valence-electron chi connectivity index (χ1n) is 8.61. The Morgan fingerprint density at radius 3 is 2.64 bits per heavy atom. The van der Waals surface area contributed by atoms with E-state index in [0.717, 1.165) is 13.0 Å². The predicted octanol–water partition coefficient (Wildman–Crippen LogP) is 1.94. The van der Waals surface area contributed by atoms with Crippen molar-refractivity contribution in [3.05, 3.63) is 53.9 Å². The molecule has 2 atom stereocenters. The molecular formula is C19H24N4O2. The van der Waals surface area contributed by atoms with Gasteiger partial charge in [0.25, 0.3) is 0 Å². The van der Waals surface area contributed by atoms with Gasteiger partial charge in [-0.3, -0.25) is 19.2 Å². The third kappa shape index (κ3) is 4.14. The van der Waals surface area contributed by atoms with Crippen LogP contribution in [-0.4, -0.2) is 46.0 Å². The summed E-state index contributed by atoms with van der Waals surface area (Å²) in [5, 5.41) is 7.11. The van der Waals surface area contributed by atoms with Gasteiger partial charge in [-0.05, 0) is 19.0 Å². The van der Waals surface area contributed by atoms with E-state index in [1.165, 1.54) is 11.8 Å². The first-order valence-corrected chi connectivity index (χ1v) is 8.61. The maximum Gasteiger partial charge on any atom is 0.220 e. The van der Waals surface area contributed by atoms with Gasteiger partial charge < -0.3 is 5.32 Å². The molecule has 1 N–H and O–H groups in total. The van der Waals surface area contributed by atoms with Crippen LogP contribution in [0.4, 0.5) is 0 Å². The summed E-state index contributed by atoms with van der Waals surface area (Å²) in [7, 11) is 3.85. The molecule has 0 aliphatic carbocycles. The Morgan fingerprint density at radius 2 is 1.96 bits per heavy atom. The summed E-state index contributed by atoms with van der Waals surface area (Å²) in [5.74, 6) is -0.120. The van der Waals surface area contributed by atoms with Crippen molar-refractivity contribution >= 4 is 11.7 Å². The van der Waals surface area contributed by atoms with Crippen molar-refractivity contribution in [2.24, 2.45) is 7.05 Å². The molecule has 6 nitrogen and oxygen atoms in total. The second-order valence-corrected chi connectivity index (χ2v) is 6.62. The fourth-order valence-corrected chi connectivity index (χ4v) is 3.45. The summed E-state index contributed by atoms with van der Waals surface area (Å²) in [5.41, 5.74) is 1.76. The smallest absolute Gasteiger partial charge is 0.220 e. The zero-order chi connectivity index (χ0) is 17.8. The van der Waals surface area contributed by atoms with Crippen molar-refractivity contribution in [1.29, 1.82) is 0 Å². The number of nitrogens with one attached hydrogen (secondary N) is 1. The van der Waals surface area contributed by atoms with Crippen LogP contribution in [0.25, 0.3) is 0 Å². The molecule has 25 heavy (non-hydrogen) atoms. The highest BCUT2D eigenvalue weighted by molar-refractivity contribution is 5.97. The van der Waals surface area contributed by atoms with Crippen molar-refractivity contribution < 1.29 is 9.59 Å². The van der Waals surface area contributed by atoms with Crippen LogP contribution >= 0.6 is 0 Å². The van der Waals surface area contributed by atoms with E-state index in [1.807, 2.05) is 18.2 Å². The van der Waals surface area contributed by atoms with Crippen LogP contribution in [0.1, 0.15) is 41.2 Å². The highest BCUT2D eigenvalue weighted by atomic mass is 16.2. The Balaban J connectivity index is 1.56. The van der Waals surface area contributed by atoms with Crippen LogP contribution in [0.2, 0.25) is 0 Å². The lowest BCUT2D eigenvalue weighted by Crippen LogP contribution is -2.39. The Labute approximate surface area is 147 Å².